The van der Waals surface area contributed by atoms with Crippen molar-refractivity contribution in [3.8, 4) is 5.75 Å². The first-order valence-corrected chi connectivity index (χ1v) is 14.0. The van der Waals surface area contributed by atoms with Gasteiger partial charge in [-0.3, -0.25) is 4.79 Å². The molecular formula is C32H36Cl2N2O2. The van der Waals surface area contributed by atoms with Crippen molar-refractivity contribution in [3.63, 3.8) is 0 Å². The van der Waals surface area contributed by atoms with E-state index in [4.69, 9.17) is 27.9 Å². The van der Waals surface area contributed by atoms with E-state index >= 15 is 0 Å². The molecule has 1 N–H and O–H groups in total. The van der Waals surface area contributed by atoms with Gasteiger partial charge in [0.05, 0.1) is 13.2 Å². The molecule has 0 aromatic heterocycles. The zero-order valence-electron chi connectivity index (χ0n) is 22.1. The fraction of sp³-hybridized carbons (Fsp3) is 0.344. The molecule has 0 aliphatic carbocycles. The van der Waals surface area contributed by atoms with E-state index in [0.717, 1.165) is 29.7 Å². The molecule has 1 saturated heterocycles. The summed E-state index contributed by atoms with van der Waals surface area (Å²) in [6.07, 6.45) is 4.08. The summed E-state index contributed by atoms with van der Waals surface area (Å²) in [5.74, 6) is 0.982. The molecule has 0 radical (unpaired) electrons. The third-order valence-electron chi connectivity index (χ3n) is 7.50. The predicted molar refractivity (Wildman–Crippen MR) is 157 cm³/mol. The van der Waals surface area contributed by atoms with Crippen LogP contribution in [-0.2, 0) is 11.3 Å². The minimum Gasteiger partial charge on any atom is -0.497 e. The summed E-state index contributed by atoms with van der Waals surface area (Å²) < 4.78 is 5.28. The normalized spacial score (nSPS) is 20.3. The number of nitrogens with one attached hydrogen (secondary N) is 1. The Morgan fingerprint density at radius 1 is 1.05 bits per heavy atom. The van der Waals surface area contributed by atoms with E-state index in [9.17, 15) is 4.79 Å². The van der Waals surface area contributed by atoms with E-state index in [2.05, 4.69) is 54.1 Å². The van der Waals surface area contributed by atoms with Gasteiger partial charge >= 0.3 is 0 Å². The van der Waals surface area contributed by atoms with Crippen molar-refractivity contribution in [2.24, 2.45) is 5.92 Å². The lowest BCUT2D eigenvalue weighted by molar-refractivity contribution is -0.146. The SMILES string of the molecule is C=CC[C@H]1CC(c2cccc(Cl)c2)C(c2ccc(Cl)cc2)N(C(CC)CNCc2ccc(OC)cc2)C1=O. The minimum absolute atomic E-state index is 0.00993. The van der Waals surface area contributed by atoms with Crippen LogP contribution < -0.4 is 10.1 Å². The van der Waals surface area contributed by atoms with E-state index in [1.807, 2.05) is 48.5 Å². The number of piperidine rings is 1. The van der Waals surface area contributed by atoms with Crippen LogP contribution in [-0.4, -0.2) is 30.5 Å². The maximum absolute atomic E-state index is 14.1. The van der Waals surface area contributed by atoms with Crippen molar-refractivity contribution in [3.05, 3.63) is 112 Å². The monoisotopic (exact) mass is 550 g/mol. The average Bonchev–Trinajstić information content (AvgIpc) is 2.93. The number of likely N-dealkylation sites (tertiary alicyclic amines) is 1. The molecule has 1 aliphatic heterocycles. The van der Waals surface area contributed by atoms with Gasteiger partial charge in [0, 0.05) is 41.0 Å². The number of halogens is 2. The highest BCUT2D eigenvalue weighted by atomic mass is 35.5. The molecule has 3 aromatic rings. The topological polar surface area (TPSA) is 41.6 Å². The fourth-order valence-electron chi connectivity index (χ4n) is 5.56. The van der Waals surface area contributed by atoms with Crippen molar-refractivity contribution in [2.45, 2.75) is 50.7 Å². The Morgan fingerprint density at radius 3 is 2.42 bits per heavy atom. The maximum atomic E-state index is 14.1. The molecule has 1 amide bonds. The third kappa shape index (κ3) is 6.61. The van der Waals surface area contributed by atoms with Gasteiger partial charge in [0.1, 0.15) is 5.75 Å². The van der Waals surface area contributed by atoms with Gasteiger partial charge in [0.25, 0.3) is 0 Å². The molecule has 1 aliphatic rings. The molecule has 200 valence electrons. The highest BCUT2D eigenvalue weighted by Gasteiger charge is 2.44. The average molecular weight is 552 g/mol. The molecule has 4 rings (SSSR count). The second kappa shape index (κ2) is 13.3. The minimum atomic E-state index is -0.132. The molecule has 0 spiro atoms. The van der Waals surface area contributed by atoms with Crippen LogP contribution in [0.3, 0.4) is 0 Å². The first-order chi connectivity index (χ1) is 18.4. The zero-order chi connectivity index (χ0) is 27.1. The van der Waals surface area contributed by atoms with Crippen LogP contribution >= 0.6 is 23.2 Å². The molecule has 1 fully saturated rings. The van der Waals surface area contributed by atoms with Gasteiger partial charge < -0.3 is 15.0 Å². The fourth-order valence-corrected chi connectivity index (χ4v) is 5.88. The molecule has 3 aromatic carbocycles. The van der Waals surface area contributed by atoms with E-state index in [1.54, 1.807) is 7.11 Å². The van der Waals surface area contributed by atoms with Crippen molar-refractivity contribution in [1.82, 2.24) is 10.2 Å². The number of amides is 1. The van der Waals surface area contributed by atoms with Crippen LogP contribution in [0.15, 0.2) is 85.5 Å². The van der Waals surface area contributed by atoms with E-state index in [0.29, 0.717) is 29.6 Å². The summed E-state index contributed by atoms with van der Waals surface area (Å²) in [4.78, 5) is 16.2. The number of carbonyl (C=O) groups excluding carboxylic acids is 1. The summed E-state index contributed by atoms with van der Waals surface area (Å²) in [6.45, 7) is 7.49. The van der Waals surface area contributed by atoms with Crippen LogP contribution in [0.1, 0.15) is 54.8 Å². The number of hydrogen-bond donors (Lipinski definition) is 1. The molecule has 4 atom stereocenters. The molecule has 0 bridgehead atoms. The van der Waals surface area contributed by atoms with E-state index in [1.165, 1.54) is 5.56 Å². The number of nitrogens with zero attached hydrogens (tertiary/aromatic N) is 1. The lowest BCUT2D eigenvalue weighted by Gasteiger charge is -2.48. The second-order valence-electron chi connectivity index (χ2n) is 9.90. The number of carbonyl (C=O) groups is 1. The molecule has 0 saturated carbocycles. The maximum Gasteiger partial charge on any atom is 0.226 e. The van der Waals surface area contributed by atoms with Gasteiger partial charge in [0.15, 0.2) is 0 Å². The number of rotatable bonds is 11. The van der Waals surface area contributed by atoms with Gasteiger partial charge in [-0.2, -0.15) is 0 Å². The van der Waals surface area contributed by atoms with Crippen molar-refractivity contribution in [1.29, 1.82) is 0 Å². The molecule has 3 unspecified atom stereocenters. The van der Waals surface area contributed by atoms with Gasteiger partial charge in [-0.25, -0.2) is 0 Å². The lowest BCUT2D eigenvalue weighted by atomic mass is 9.74. The third-order valence-corrected chi connectivity index (χ3v) is 7.98. The van der Waals surface area contributed by atoms with Crippen LogP contribution in [0.5, 0.6) is 5.75 Å². The molecule has 1 heterocycles. The van der Waals surface area contributed by atoms with Crippen molar-refractivity contribution >= 4 is 29.1 Å². The van der Waals surface area contributed by atoms with Gasteiger partial charge in [-0.1, -0.05) is 72.6 Å². The largest absolute Gasteiger partial charge is 0.497 e. The Balaban J connectivity index is 1.68. The standard InChI is InChI=1S/C32H36Cl2N2O2/c1-4-7-25-19-30(24-8-6-9-27(34)18-24)31(23-12-14-26(33)15-13-23)36(32(25)37)28(5-2)21-35-20-22-10-16-29(38-3)17-11-22/h4,6,8-18,25,28,30-31,35H,1,5,7,19-21H2,2-3H3/t25-,28?,30?,31?/m0/s1. The highest BCUT2D eigenvalue weighted by molar-refractivity contribution is 6.30. The summed E-state index contributed by atoms with van der Waals surface area (Å²) >= 11 is 12.7. The molecular weight excluding hydrogens is 515 g/mol. The lowest BCUT2D eigenvalue weighted by Crippen LogP contribution is -2.54. The first-order valence-electron chi connectivity index (χ1n) is 13.2. The van der Waals surface area contributed by atoms with Gasteiger partial charge in [-0.05, 0) is 72.4 Å². The highest BCUT2D eigenvalue weighted by Crippen LogP contribution is 2.47. The predicted octanol–water partition coefficient (Wildman–Crippen LogP) is 7.82. The summed E-state index contributed by atoms with van der Waals surface area (Å²) in [5, 5.41) is 4.99. The number of methoxy groups -OCH3 is 1. The van der Waals surface area contributed by atoms with Crippen LogP contribution in [0, 0.1) is 5.92 Å². The van der Waals surface area contributed by atoms with Gasteiger partial charge in [-0.15, -0.1) is 6.58 Å². The summed E-state index contributed by atoms with van der Waals surface area (Å²) in [6, 6.07) is 23.9. The second-order valence-corrected chi connectivity index (χ2v) is 10.8. The first kappa shape index (κ1) is 28.2. The zero-order valence-corrected chi connectivity index (χ0v) is 23.6. The summed E-state index contributed by atoms with van der Waals surface area (Å²) in [5.41, 5.74) is 3.39. The van der Waals surface area contributed by atoms with E-state index in [-0.39, 0.29) is 29.8 Å². The molecule has 6 heteroatoms. The molecule has 38 heavy (non-hydrogen) atoms. The number of benzene rings is 3. The number of ether oxygens (including phenoxy) is 1. The number of allylic oxidation sites excluding steroid dienone is 1. The van der Waals surface area contributed by atoms with Crippen molar-refractivity contribution < 1.29 is 9.53 Å². The quantitative estimate of drug-likeness (QED) is 0.247. The molecule has 4 nitrogen and oxygen atoms in total. The Labute approximate surface area is 236 Å². The van der Waals surface area contributed by atoms with Crippen LogP contribution in [0.25, 0.3) is 0 Å². The summed E-state index contributed by atoms with van der Waals surface area (Å²) in [7, 11) is 1.67. The Bertz CT molecular complexity index is 1210. The smallest absolute Gasteiger partial charge is 0.226 e. The Kier molecular flexibility index (Phi) is 9.90. The van der Waals surface area contributed by atoms with Crippen LogP contribution in [0.4, 0.5) is 0 Å². The van der Waals surface area contributed by atoms with Crippen LogP contribution in [0.2, 0.25) is 10.0 Å². The number of hydrogen-bond acceptors (Lipinski definition) is 3. The Morgan fingerprint density at radius 2 is 1.79 bits per heavy atom. The van der Waals surface area contributed by atoms with E-state index < -0.39 is 0 Å². The van der Waals surface area contributed by atoms with Crippen molar-refractivity contribution in [2.75, 3.05) is 13.7 Å². The van der Waals surface area contributed by atoms with Gasteiger partial charge in [0.2, 0.25) is 5.91 Å². The Hall–Kier alpha value is -2.79.